The van der Waals surface area contributed by atoms with E-state index in [0.29, 0.717) is 17.7 Å². The maximum absolute atomic E-state index is 9.21. The van der Waals surface area contributed by atoms with E-state index in [1.807, 2.05) is 24.3 Å². The molecule has 1 aliphatic rings. The molecule has 1 aliphatic heterocycles. The second-order valence-electron chi connectivity index (χ2n) is 9.93. The topological polar surface area (TPSA) is 85.6 Å². The van der Waals surface area contributed by atoms with E-state index in [2.05, 4.69) is 95.2 Å². The highest BCUT2D eigenvalue weighted by Gasteiger charge is 2.12. The van der Waals surface area contributed by atoms with E-state index < -0.39 is 0 Å². The summed E-state index contributed by atoms with van der Waals surface area (Å²) in [5.74, 6) is 0. The lowest BCUT2D eigenvalue weighted by atomic mass is 9.99. The first-order valence-corrected chi connectivity index (χ1v) is 13.3. The lowest BCUT2D eigenvalue weighted by Crippen LogP contribution is -2.15. The van der Waals surface area contributed by atoms with Crippen LogP contribution in [0.5, 0.6) is 0 Å². The van der Waals surface area contributed by atoms with Crippen LogP contribution in [0.25, 0.3) is 61.1 Å². The van der Waals surface area contributed by atoms with Gasteiger partial charge < -0.3 is 9.73 Å². The molecule has 0 saturated heterocycles. The summed E-state index contributed by atoms with van der Waals surface area (Å²) in [5.41, 5.74) is 11.0. The highest BCUT2D eigenvalue weighted by Crippen LogP contribution is 2.35. The highest BCUT2D eigenvalue weighted by atomic mass is 16.3. The number of benzene rings is 4. The Labute approximate surface area is 236 Å². The normalized spacial score (nSPS) is 12.7. The Morgan fingerprint density at radius 3 is 1.83 bits per heavy atom. The smallest absolute Gasteiger partial charge is 0.136 e. The lowest BCUT2D eigenvalue weighted by Gasteiger charge is -2.14. The number of nitrogens with zero attached hydrogens (tertiary/aromatic N) is 3. The Balaban J connectivity index is 1.17. The average molecular weight is 527 g/mol. The number of nitrogens with one attached hydrogen (secondary N) is 1. The molecule has 0 radical (unpaired) electrons. The largest absolute Gasteiger partial charge is 0.456 e. The van der Waals surface area contributed by atoms with Crippen molar-refractivity contribution in [1.82, 2.24) is 10.3 Å². The van der Waals surface area contributed by atoms with Gasteiger partial charge in [-0.05, 0) is 76.4 Å². The number of hydrogen-bond acceptors (Lipinski definition) is 5. The quantitative estimate of drug-likeness (QED) is 0.250. The SMILES string of the molecule is N#CC1=CCNC(c2ccc(-c3ccc4c(c3)oc3cc(-c5ccc(-c6cc(C#N)ccn6)cc5)ccc34)cc2)=C1. The van der Waals surface area contributed by atoms with Crippen molar-refractivity contribution in [2.75, 3.05) is 6.54 Å². The summed E-state index contributed by atoms with van der Waals surface area (Å²) >= 11 is 0. The van der Waals surface area contributed by atoms with E-state index in [1.54, 1.807) is 18.3 Å². The van der Waals surface area contributed by atoms with Gasteiger partial charge in [-0.15, -0.1) is 0 Å². The number of hydrogen-bond donors (Lipinski definition) is 1. The number of dihydropyridines is 1. The van der Waals surface area contributed by atoms with Gasteiger partial charge in [0.2, 0.25) is 0 Å². The van der Waals surface area contributed by atoms with Gasteiger partial charge in [0.1, 0.15) is 11.2 Å². The summed E-state index contributed by atoms with van der Waals surface area (Å²) in [5, 5.41) is 23.9. The number of fused-ring (bicyclic) bond motifs is 3. The number of nitriles is 2. The second-order valence-corrected chi connectivity index (χ2v) is 9.93. The fourth-order valence-electron chi connectivity index (χ4n) is 5.27. The van der Waals surface area contributed by atoms with Crippen LogP contribution in [0.4, 0.5) is 0 Å². The Bertz CT molecular complexity index is 2100. The molecule has 1 N–H and O–H groups in total. The zero-order valence-corrected chi connectivity index (χ0v) is 21.9. The highest BCUT2D eigenvalue weighted by molar-refractivity contribution is 6.07. The van der Waals surface area contributed by atoms with E-state index >= 15 is 0 Å². The zero-order chi connectivity index (χ0) is 27.8. The minimum Gasteiger partial charge on any atom is -0.456 e. The predicted octanol–water partition coefficient (Wildman–Crippen LogP) is 8.25. The Kier molecular flexibility index (Phi) is 5.89. The fourth-order valence-corrected chi connectivity index (χ4v) is 5.27. The first-order chi connectivity index (χ1) is 20.2. The average Bonchev–Trinajstić information content (AvgIpc) is 3.42. The Morgan fingerprint density at radius 1 is 0.634 bits per heavy atom. The Morgan fingerprint density at radius 2 is 1.22 bits per heavy atom. The number of pyridine rings is 1. The van der Waals surface area contributed by atoms with E-state index in [-0.39, 0.29) is 0 Å². The van der Waals surface area contributed by atoms with Crippen molar-refractivity contribution in [3.05, 3.63) is 132 Å². The van der Waals surface area contributed by atoms with Crippen molar-refractivity contribution >= 4 is 27.6 Å². The van der Waals surface area contributed by atoms with Crippen LogP contribution in [0.15, 0.2) is 125 Å². The van der Waals surface area contributed by atoms with Crippen LogP contribution in [0, 0.1) is 22.7 Å². The van der Waals surface area contributed by atoms with Crippen LogP contribution < -0.4 is 5.32 Å². The molecular weight excluding hydrogens is 504 g/mol. The third-order valence-corrected chi connectivity index (χ3v) is 7.45. The van der Waals surface area contributed by atoms with E-state index in [9.17, 15) is 10.5 Å². The zero-order valence-electron chi connectivity index (χ0n) is 21.9. The molecule has 0 unspecified atom stereocenters. The lowest BCUT2D eigenvalue weighted by molar-refractivity contribution is 0.669. The summed E-state index contributed by atoms with van der Waals surface area (Å²) in [7, 11) is 0. The van der Waals surface area contributed by atoms with Gasteiger partial charge in [-0.25, -0.2) is 0 Å². The summed E-state index contributed by atoms with van der Waals surface area (Å²) in [6.45, 7) is 0.654. The van der Waals surface area contributed by atoms with Crippen LogP contribution in [-0.4, -0.2) is 11.5 Å². The molecule has 0 spiro atoms. The fraction of sp³-hybridized carbons (Fsp3) is 0.0278. The molecule has 5 nitrogen and oxygen atoms in total. The molecule has 192 valence electrons. The monoisotopic (exact) mass is 526 g/mol. The molecule has 0 aliphatic carbocycles. The molecule has 6 aromatic rings. The number of allylic oxidation sites excluding steroid dienone is 2. The first-order valence-electron chi connectivity index (χ1n) is 13.3. The number of rotatable bonds is 4. The van der Waals surface area contributed by atoms with Crippen LogP contribution in [0.3, 0.4) is 0 Å². The molecule has 7 rings (SSSR count). The van der Waals surface area contributed by atoms with Gasteiger partial charge in [0.15, 0.2) is 0 Å². The summed E-state index contributed by atoms with van der Waals surface area (Å²) < 4.78 is 6.34. The third kappa shape index (κ3) is 4.52. The molecule has 3 heterocycles. The standard InChI is InChI=1S/C36H22N4O/c37-21-23-13-15-39-33(17-23)27-5-1-25(2-6-27)29-9-11-31-32-12-10-30(20-36(32)41-35(31)19-29)26-3-7-28(8-4-26)34-18-24(22-38)14-16-40-34/h1-15,17-20,40H,16H2. The van der Waals surface area contributed by atoms with Gasteiger partial charge in [0.05, 0.1) is 29.0 Å². The van der Waals surface area contributed by atoms with Gasteiger partial charge in [-0.2, -0.15) is 10.5 Å². The summed E-state index contributed by atoms with van der Waals surface area (Å²) in [6, 6.07) is 37.1. The van der Waals surface area contributed by atoms with Crippen LogP contribution >= 0.6 is 0 Å². The van der Waals surface area contributed by atoms with E-state index in [4.69, 9.17) is 4.42 Å². The minimum absolute atomic E-state index is 0.594. The van der Waals surface area contributed by atoms with E-state index in [0.717, 1.165) is 66.7 Å². The minimum atomic E-state index is 0.594. The van der Waals surface area contributed by atoms with Crippen molar-refractivity contribution in [1.29, 1.82) is 10.5 Å². The van der Waals surface area contributed by atoms with Crippen molar-refractivity contribution in [3.8, 4) is 45.6 Å². The molecule has 0 amide bonds. The maximum atomic E-state index is 9.21. The molecule has 4 aromatic carbocycles. The summed E-state index contributed by atoms with van der Waals surface area (Å²) in [6.07, 6.45) is 5.43. The molecule has 0 fully saturated rings. The molecule has 0 bridgehead atoms. The number of furan rings is 1. The molecule has 41 heavy (non-hydrogen) atoms. The van der Waals surface area contributed by atoms with Crippen molar-refractivity contribution in [2.45, 2.75) is 0 Å². The van der Waals surface area contributed by atoms with Gasteiger partial charge >= 0.3 is 0 Å². The predicted molar refractivity (Wildman–Crippen MR) is 162 cm³/mol. The molecule has 0 atom stereocenters. The van der Waals surface area contributed by atoms with Crippen molar-refractivity contribution in [2.24, 2.45) is 0 Å². The Hall–Kier alpha value is -5.91. The van der Waals surface area contributed by atoms with Gasteiger partial charge in [-0.1, -0.05) is 60.7 Å². The molecule has 0 saturated carbocycles. The molecule has 5 heteroatoms. The van der Waals surface area contributed by atoms with Crippen molar-refractivity contribution in [3.63, 3.8) is 0 Å². The van der Waals surface area contributed by atoms with E-state index in [1.165, 1.54) is 0 Å². The van der Waals surface area contributed by atoms with Gasteiger partial charge in [0.25, 0.3) is 0 Å². The van der Waals surface area contributed by atoms with Crippen LogP contribution in [0.1, 0.15) is 11.1 Å². The molecular formula is C36H22N4O. The maximum Gasteiger partial charge on any atom is 0.136 e. The first kappa shape index (κ1) is 24.2. The van der Waals surface area contributed by atoms with Gasteiger partial charge in [0, 0.05) is 34.8 Å². The summed E-state index contributed by atoms with van der Waals surface area (Å²) in [4.78, 5) is 4.40. The second kappa shape index (κ2) is 10.0. The third-order valence-electron chi connectivity index (χ3n) is 7.45. The molecule has 2 aromatic heterocycles. The van der Waals surface area contributed by atoms with Gasteiger partial charge in [-0.3, -0.25) is 4.98 Å². The van der Waals surface area contributed by atoms with Crippen molar-refractivity contribution < 1.29 is 4.42 Å². The number of aromatic nitrogens is 1. The van der Waals surface area contributed by atoms with Crippen LogP contribution in [0.2, 0.25) is 0 Å². The van der Waals surface area contributed by atoms with Crippen LogP contribution in [-0.2, 0) is 0 Å².